The first-order valence-electron chi connectivity index (χ1n) is 17.6. The lowest BCUT2D eigenvalue weighted by atomic mass is 10.0. The van der Waals surface area contributed by atoms with Crippen molar-refractivity contribution in [2.75, 3.05) is 18.6 Å². The number of unbranched alkanes of at least 4 members (excludes halogenated alkanes) is 2. The maximum atomic E-state index is 13.7. The SMILES string of the molecule is CSCC[C@H](NC(=O)c1ccc(CNC(C)C)cc1)C(=O)N[C@@H](Cc1ccccc1)C(=O)N[C@@H](CCCCNC(=O)CCCCC(C)=O)C(=O)O. The lowest BCUT2D eigenvalue weighted by molar-refractivity contribution is -0.142. The zero-order valence-electron chi connectivity index (χ0n) is 30.3. The van der Waals surface area contributed by atoms with E-state index in [1.165, 1.54) is 18.7 Å². The Balaban J connectivity index is 2.05. The number of carbonyl (C=O) groups excluding carboxylic acids is 5. The third-order valence-corrected chi connectivity index (χ3v) is 8.76. The van der Waals surface area contributed by atoms with E-state index in [1.54, 1.807) is 12.1 Å². The van der Waals surface area contributed by atoms with Crippen molar-refractivity contribution >= 4 is 47.1 Å². The second kappa shape index (κ2) is 24.0. The number of benzene rings is 2. The molecule has 0 heterocycles. The molecule has 12 nitrogen and oxygen atoms in total. The van der Waals surface area contributed by atoms with Crippen LogP contribution in [0.2, 0.25) is 0 Å². The predicted octanol–water partition coefficient (Wildman–Crippen LogP) is 3.77. The summed E-state index contributed by atoms with van der Waals surface area (Å²) in [5.41, 5.74) is 2.18. The average Bonchev–Trinajstić information content (AvgIpc) is 3.10. The summed E-state index contributed by atoms with van der Waals surface area (Å²) < 4.78 is 0. The van der Waals surface area contributed by atoms with Gasteiger partial charge in [0.05, 0.1) is 0 Å². The molecule has 2 aromatic rings. The summed E-state index contributed by atoms with van der Waals surface area (Å²) in [6, 6.07) is 13.3. The Morgan fingerprint density at radius 1 is 0.725 bits per heavy atom. The van der Waals surface area contributed by atoms with Crippen LogP contribution in [0.15, 0.2) is 54.6 Å². The molecule has 0 saturated heterocycles. The largest absolute Gasteiger partial charge is 0.480 e. The third kappa shape index (κ3) is 18.0. The van der Waals surface area contributed by atoms with Crippen molar-refractivity contribution in [2.24, 2.45) is 0 Å². The Morgan fingerprint density at radius 3 is 2.00 bits per heavy atom. The van der Waals surface area contributed by atoms with Gasteiger partial charge in [-0.2, -0.15) is 11.8 Å². The number of carboxylic acid groups (broad SMARTS) is 1. The fourth-order valence-corrected chi connectivity index (χ4v) is 5.62. The molecule has 4 amide bonds. The molecular formula is C38H55N5O7S. The number of hydrogen-bond acceptors (Lipinski definition) is 8. The summed E-state index contributed by atoms with van der Waals surface area (Å²) in [4.78, 5) is 75.7. The van der Waals surface area contributed by atoms with Gasteiger partial charge in [-0.25, -0.2) is 4.79 Å². The highest BCUT2D eigenvalue weighted by Crippen LogP contribution is 2.10. The number of carboxylic acids is 1. The van der Waals surface area contributed by atoms with Gasteiger partial charge in [0, 0.05) is 44.0 Å². The van der Waals surface area contributed by atoms with Crippen molar-refractivity contribution in [3.8, 4) is 0 Å². The van der Waals surface area contributed by atoms with E-state index in [0.29, 0.717) is 75.4 Å². The number of amides is 4. The summed E-state index contributed by atoms with van der Waals surface area (Å²) in [7, 11) is 0. The van der Waals surface area contributed by atoms with Gasteiger partial charge in [-0.05, 0) is 80.7 Å². The minimum atomic E-state index is -1.21. The summed E-state index contributed by atoms with van der Waals surface area (Å²) in [5.74, 6) is -2.28. The van der Waals surface area contributed by atoms with Gasteiger partial charge in [-0.1, -0.05) is 56.3 Å². The van der Waals surface area contributed by atoms with Crippen molar-refractivity contribution in [3.05, 3.63) is 71.3 Å². The predicted molar refractivity (Wildman–Crippen MR) is 200 cm³/mol. The quantitative estimate of drug-likeness (QED) is 0.0831. The van der Waals surface area contributed by atoms with Crippen LogP contribution in [0.3, 0.4) is 0 Å². The van der Waals surface area contributed by atoms with E-state index in [1.807, 2.05) is 48.7 Å². The number of aliphatic carboxylic acids is 1. The number of thioether (sulfide) groups is 1. The first-order chi connectivity index (χ1) is 24.4. The zero-order chi connectivity index (χ0) is 37.6. The summed E-state index contributed by atoms with van der Waals surface area (Å²) in [5, 5.41) is 24.2. The van der Waals surface area contributed by atoms with E-state index in [2.05, 4.69) is 40.4 Å². The Bertz CT molecular complexity index is 1410. The molecule has 280 valence electrons. The molecular weight excluding hydrogens is 671 g/mol. The summed E-state index contributed by atoms with van der Waals surface area (Å²) >= 11 is 1.52. The van der Waals surface area contributed by atoms with Crippen LogP contribution in [-0.4, -0.2) is 83.2 Å². The van der Waals surface area contributed by atoms with Crippen LogP contribution in [0.25, 0.3) is 0 Å². The third-order valence-electron chi connectivity index (χ3n) is 8.12. The minimum absolute atomic E-state index is 0.0936. The zero-order valence-corrected chi connectivity index (χ0v) is 31.1. The van der Waals surface area contributed by atoms with Crippen molar-refractivity contribution in [3.63, 3.8) is 0 Å². The molecule has 0 aliphatic heterocycles. The molecule has 0 unspecified atom stereocenters. The molecule has 0 radical (unpaired) electrons. The molecule has 0 aliphatic carbocycles. The lowest BCUT2D eigenvalue weighted by Gasteiger charge is -2.25. The van der Waals surface area contributed by atoms with Crippen molar-refractivity contribution < 1.29 is 33.9 Å². The number of ketones is 1. The molecule has 6 N–H and O–H groups in total. The smallest absolute Gasteiger partial charge is 0.326 e. The topological polar surface area (TPSA) is 183 Å². The van der Waals surface area contributed by atoms with Gasteiger partial charge >= 0.3 is 5.97 Å². The molecule has 51 heavy (non-hydrogen) atoms. The van der Waals surface area contributed by atoms with E-state index < -0.39 is 41.8 Å². The average molecular weight is 726 g/mol. The van der Waals surface area contributed by atoms with E-state index in [-0.39, 0.29) is 24.5 Å². The van der Waals surface area contributed by atoms with E-state index in [9.17, 15) is 33.9 Å². The molecule has 0 spiro atoms. The van der Waals surface area contributed by atoms with Crippen LogP contribution in [-0.2, 0) is 36.9 Å². The molecule has 0 fully saturated rings. The molecule has 0 saturated carbocycles. The van der Waals surface area contributed by atoms with Crippen molar-refractivity contribution in [1.82, 2.24) is 26.6 Å². The summed E-state index contributed by atoms with van der Waals surface area (Å²) in [6.45, 7) is 6.65. The first kappa shape index (κ1) is 42.9. The number of hydrogen-bond donors (Lipinski definition) is 6. The van der Waals surface area contributed by atoms with Gasteiger partial charge in [0.1, 0.15) is 23.9 Å². The fraction of sp³-hybridized carbons (Fsp3) is 0.526. The monoisotopic (exact) mass is 725 g/mol. The van der Waals surface area contributed by atoms with Crippen LogP contribution in [0, 0.1) is 0 Å². The molecule has 0 aliphatic rings. The molecule has 2 aromatic carbocycles. The highest BCUT2D eigenvalue weighted by Gasteiger charge is 2.30. The van der Waals surface area contributed by atoms with Crippen LogP contribution in [0.4, 0.5) is 0 Å². The molecule has 3 atom stereocenters. The van der Waals surface area contributed by atoms with E-state index in [0.717, 1.165) is 11.1 Å². The number of Topliss-reactive ketones (excluding diaryl/α,β-unsaturated/α-hetero) is 1. The van der Waals surface area contributed by atoms with Crippen LogP contribution >= 0.6 is 11.8 Å². The Morgan fingerprint density at radius 2 is 1.37 bits per heavy atom. The highest BCUT2D eigenvalue weighted by molar-refractivity contribution is 7.98. The minimum Gasteiger partial charge on any atom is -0.480 e. The highest BCUT2D eigenvalue weighted by atomic mass is 32.2. The maximum Gasteiger partial charge on any atom is 0.326 e. The van der Waals surface area contributed by atoms with Gasteiger partial charge in [-0.15, -0.1) is 0 Å². The standard InChI is InChI=1S/C38H55N5O7S/c1-26(2)40-25-29-17-19-30(20-18-29)35(46)41-31(21-23-51-4)36(47)43-33(24-28-13-6-5-7-14-28)37(48)42-32(38(49)50)15-10-11-22-39-34(45)16-9-8-12-27(3)44/h5-7,13-14,17-20,26,31-33,40H,8-12,15-16,21-25H2,1-4H3,(H,39,45)(H,41,46)(H,42,48)(H,43,47)(H,49,50)/t31-,32-,33-/m0/s1. The Kier molecular flexibility index (Phi) is 20.2. The number of nitrogens with one attached hydrogen (secondary N) is 5. The van der Waals surface area contributed by atoms with Gasteiger partial charge in [0.15, 0.2) is 0 Å². The lowest BCUT2D eigenvalue weighted by Crippen LogP contribution is -2.56. The van der Waals surface area contributed by atoms with Crippen LogP contribution in [0.1, 0.15) is 93.6 Å². The van der Waals surface area contributed by atoms with Gasteiger partial charge in [-0.3, -0.25) is 19.2 Å². The van der Waals surface area contributed by atoms with E-state index >= 15 is 0 Å². The van der Waals surface area contributed by atoms with Crippen LogP contribution in [0.5, 0.6) is 0 Å². The first-order valence-corrected chi connectivity index (χ1v) is 19.0. The van der Waals surface area contributed by atoms with Gasteiger partial charge in [0.25, 0.3) is 5.91 Å². The summed E-state index contributed by atoms with van der Waals surface area (Å²) in [6.07, 6.45) is 5.44. The van der Waals surface area contributed by atoms with Crippen molar-refractivity contribution in [2.45, 2.75) is 109 Å². The Hall–Kier alpha value is -4.23. The van der Waals surface area contributed by atoms with Gasteiger partial charge < -0.3 is 36.5 Å². The number of carbonyl (C=O) groups is 6. The maximum absolute atomic E-state index is 13.7. The van der Waals surface area contributed by atoms with Crippen molar-refractivity contribution in [1.29, 1.82) is 0 Å². The van der Waals surface area contributed by atoms with Gasteiger partial charge in [0.2, 0.25) is 17.7 Å². The number of rotatable bonds is 25. The fourth-order valence-electron chi connectivity index (χ4n) is 5.15. The molecule has 0 aromatic heterocycles. The second-order valence-corrected chi connectivity index (χ2v) is 13.9. The van der Waals surface area contributed by atoms with E-state index in [4.69, 9.17) is 0 Å². The molecule has 2 rings (SSSR count). The van der Waals surface area contributed by atoms with Crippen LogP contribution < -0.4 is 26.6 Å². The normalized spacial score (nSPS) is 12.7. The second-order valence-electron chi connectivity index (χ2n) is 12.9. The molecule has 0 bridgehead atoms. The Labute approximate surface area is 306 Å². The molecule has 13 heteroatoms.